The molecule has 0 saturated carbocycles. The molecule has 0 spiro atoms. The monoisotopic (exact) mass is 477 g/mol. The molecular formula is C25H28BN3O6. The van der Waals surface area contributed by atoms with Crippen molar-refractivity contribution in [3.63, 3.8) is 0 Å². The molecule has 2 aromatic carbocycles. The molecular weight excluding hydrogens is 449 g/mol. The highest BCUT2D eigenvalue weighted by molar-refractivity contribution is 6.43. The molecule has 3 aromatic rings. The molecule has 2 atom stereocenters. The summed E-state index contributed by atoms with van der Waals surface area (Å²) in [5.41, 5.74) is 3.13. The SMILES string of the molecule is CN(C)C(=O)C(C#N)Cc1cccc(CCOC(=O)N[C@@H](Cc2coc3ccccc23)B(O)O)c1. The zero-order valence-corrected chi connectivity index (χ0v) is 19.7. The van der Waals surface area contributed by atoms with Gasteiger partial charge in [-0.05, 0) is 35.6 Å². The average Bonchev–Trinajstić information content (AvgIpc) is 3.24. The first-order valence-corrected chi connectivity index (χ1v) is 11.2. The van der Waals surface area contributed by atoms with E-state index in [9.17, 15) is 24.9 Å². The number of nitrogens with one attached hydrogen (secondary N) is 1. The molecule has 182 valence electrons. The van der Waals surface area contributed by atoms with Crippen molar-refractivity contribution in [1.29, 1.82) is 5.26 Å². The molecule has 0 aliphatic carbocycles. The molecule has 0 fully saturated rings. The highest BCUT2D eigenvalue weighted by Gasteiger charge is 2.27. The number of hydrogen-bond donors (Lipinski definition) is 3. The lowest BCUT2D eigenvalue weighted by Gasteiger charge is -2.17. The van der Waals surface area contributed by atoms with E-state index in [1.54, 1.807) is 20.2 Å². The van der Waals surface area contributed by atoms with Gasteiger partial charge < -0.3 is 29.4 Å². The lowest BCUT2D eigenvalue weighted by atomic mass is 9.76. The molecule has 10 heteroatoms. The van der Waals surface area contributed by atoms with E-state index in [4.69, 9.17) is 9.15 Å². The van der Waals surface area contributed by atoms with E-state index in [0.29, 0.717) is 18.4 Å². The van der Waals surface area contributed by atoms with Crippen LogP contribution in [0, 0.1) is 17.2 Å². The van der Waals surface area contributed by atoms with Crippen LogP contribution in [0.5, 0.6) is 0 Å². The lowest BCUT2D eigenvalue weighted by Crippen LogP contribution is -2.48. The third-order valence-corrected chi connectivity index (χ3v) is 5.61. The minimum Gasteiger partial charge on any atom is -0.464 e. The van der Waals surface area contributed by atoms with E-state index >= 15 is 0 Å². The standard InChI is InChI=1S/C25H28BN3O6/c1-29(2)24(30)19(15-27)13-18-7-5-6-17(12-18)10-11-34-25(31)28-23(26(32)33)14-20-16-35-22-9-4-3-8-21(20)22/h3-9,12,16,19,23,32-33H,10-11,13-14H2,1-2H3,(H,28,31)/t19?,23-/m0/s1. The van der Waals surface area contributed by atoms with Crippen molar-refractivity contribution in [3.05, 3.63) is 71.5 Å². The molecule has 9 nitrogen and oxygen atoms in total. The van der Waals surface area contributed by atoms with Gasteiger partial charge in [0, 0.05) is 25.9 Å². The van der Waals surface area contributed by atoms with Crippen LogP contribution in [-0.2, 0) is 28.8 Å². The number of nitrogens with zero attached hydrogens (tertiary/aromatic N) is 2. The van der Waals surface area contributed by atoms with Crippen molar-refractivity contribution in [2.75, 3.05) is 20.7 Å². The fourth-order valence-electron chi connectivity index (χ4n) is 3.76. The summed E-state index contributed by atoms with van der Waals surface area (Å²) in [6.45, 7) is 0.0660. The van der Waals surface area contributed by atoms with Crippen molar-refractivity contribution in [3.8, 4) is 6.07 Å². The summed E-state index contributed by atoms with van der Waals surface area (Å²) in [6, 6.07) is 16.8. The number of carbonyl (C=O) groups excluding carboxylic acids is 2. The van der Waals surface area contributed by atoms with E-state index in [0.717, 1.165) is 22.1 Å². The van der Waals surface area contributed by atoms with Crippen LogP contribution in [0.15, 0.2) is 59.2 Å². The first-order chi connectivity index (χ1) is 16.8. The van der Waals surface area contributed by atoms with Gasteiger partial charge in [-0.1, -0.05) is 42.5 Å². The van der Waals surface area contributed by atoms with Gasteiger partial charge in [0.05, 0.1) is 24.9 Å². The average molecular weight is 477 g/mol. The normalized spacial score (nSPS) is 12.4. The third kappa shape index (κ3) is 7.09. The molecule has 0 aliphatic heterocycles. The van der Waals surface area contributed by atoms with E-state index in [-0.39, 0.29) is 18.9 Å². The van der Waals surface area contributed by atoms with Gasteiger partial charge in [-0.15, -0.1) is 0 Å². The number of fused-ring (bicyclic) bond motifs is 1. The maximum atomic E-state index is 12.3. The van der Waals surface area contributed by atoms with Crippen LogP contribution in [0.2, 0.25) is 0 Å². The fourth-order valence-corrected chi connectivity index (χ4v) is 3.76. The second-order valence-corrected chi connectivity index (χ2v) is 8.45. The second-order valence-electron chi connectivity index (χ2n) is 8.45. The maximum absolute atomic E-state index is 12.3. The van der Waals surface area contributed by atoms with Crippen LogP contribution in [0.4, 0.5) is 4.79 Å². The summed E-state index contributed by atoms with van der Waals surface area (Å²) < 4.78 is 10.7. The Bertz CT molecular complexity index is 1200. The van der Waals surface area contributed by atoms with Crippen molar-refractivity contribution in [1.82, 2.24) is 10.2 Å². The number of para-hydroxylation sites is 1. The third-order valence-electron chi connectivity index (χ3n) is 5.61. The summed E-state index contributed by atoms with van der Waals surface area (Å²) in [6.07, 6.45) is 1.62. The number of nitriles is 1. The Labute approximate surface area is 204 Å². The van der Waals surface area contributed by atoms with Crippen molar-refractivity contribution in [2.24, 2.45) is 5.92 Å². The van der Waals surface area contributed by atoms with Gasteiger partial charge in [-0.3, -0.25) is 4.79 Å². The van der Waals surface area contributed by atoms with Crippen LogP contribution in [-0.4, -0.2) is 60.7 Å². The topological polar surface area (TPSA) is 136 Å². The molecule has 1 unspecified atom stereocenters. The van der Waals surface area contributed by atoms with E-state index in [2.05, 4.69) is 5.32 Å². The van der Waals surface area contributed by atoms with E-state index < -0.39 is 25.1 Å². The van der Waals surface area contributed by atoms with Gasteiger partial charge in [-0.25, -0.2) is 4.79 Å². The predicted octanol–water partition coefficient (Wildman–Crippen LogP) is 2.10. The number of alkyl carbamates (subject to hydrolysis) is 1. The molecule has 35 heavy (non-hydrogen) atoms. The maximum Gasteiger partial charge on any atom is 0.475 e. The number of rotatable bonds is 10. The number of amides is 2. The molecule has 0 bridgehead atoms. The smallest absolute Gasteiger partial charge is 0.464 e. The fraction of sp³-hybridized carbons (Fsp3) is 0.320. The molecule has 0 radical (unpaired) electrons. The highest BCUT2D eigenvalue weighted by Crippen LogP contribution is 2.22. The summed E-state index contributed by atoms with van der Waals surface area (Å²) in [5, 5.41) is 32.1. The van der Waals surface area contributed by atoms with Crippen LogP contribution in [0.1, 0.15) is 16.7 Å². The molecule has 3 rings (SSSR count). The number of benzene rings is 2. The number of furan rings is 1. The number of hydrogen-bond acceptors (Lipinski definition) is 7. The molecule has 1 heterocycles. The lowest BCUT2D eigenvalue weighted by molar-refractivity contribution is -0.131. The summed E-state index contributed by atoms with van der Waals surface area (Å²) in [5.74, 6) is -2.00. The van der Waals surface area contributed by atoms with Crippen molar-refractivity contribution >= 4 is 30.1 Å². The Morgan fingerprint density at radius 3 is 2.60 bits per heavy atom. The largest absolute Gasteiger partial charge is 0.475 e. The number of ether oxygens (including phenoxy) is 1. The minimum atomic E-state index is -1.79. The van der Waals surface area contributed by atoms with E-state index in [1.165, 1.54) is 11.2 Å². The van der Waals surface area contributed by atoms with Crippen LogP contribution in [0.25, 0.3) is 11.0 Å². The molecule has 3 N–H and O–H groups in total. The Balaban J connectivity index is 1.52. The minimum absolute atomic E-state index is 0.0660. The van der Waals surface area contributed by atoms with Gasteiger partial charge in [0.1, 0.15) is 11.5 Å². The van der Waals surface area contributed by atoms with Gasteiger partial charge >= 0.3 is 13.2 Å². The zero-order chi connectivity index (χ0) is 25.4. The van der Waals surface area contributed by atoms with E-state index in [1.807, 2.05) is 48.5 Å². The Kier molecular flexibility index (Phi) is 8.89. The Morgan fingerprint density at radius 1 is 1.14 bits per heavy atom. The first-order valence-electron chi connectivity index (χ1n) is 11.2. The van der Waals surface area contributed by atoms with Crippen LogP contribution >= 0.6 is 0 Å². The first kappa shape index (κ1) is 25.8. The van der Waals surface area contributed by atoms with Gasteiger partial charge in [0.2, 0.25) is 5.91 Å². The van der Waals surface area contributed by atoms with Crippen molar-refractivity contribution < 1.29 is 28.8 Å². The van der Waals surface area contributed by atoms with Crippen LogP contribution in [0.3, 0.4) is 0 Å². The zero-order valence-electron chi connectivity index (χ0n) is 19.7. The molecule has 0 saturated heterocycles. The number of carbonyl (C=O) groups is 2. The van der Waals surface area contributed by atoms with Crippen molar-refractivity contribution in [2.45, 2.75) is 25.2 Å². The predicted molar refractivity (Wildman–Crippen MR) is 130 cm³/mol. The van der Waals surface area contributed by atoms with Gasteiger partial charge in [-0.2, -0.15) is 5.26 Å². The summed E-state index contributed by atoms with van der Waals surface area (Å²) in [4.78, 5) is 25.8. The quantitative estimate of drug-likeness (QED) is 0.381. The summed E-state index contributed by atoms with van der Waals surface area (Å²) in [7, 11) is 1.44. The summed E-state index contributed by atoms with van der Waals surface area (Å²) >= 11 is 0. The highest BCUT2D eigenvalue weighted by atomic mass is 16.5. The van der Waals surface area contributed by atoms with Gasteiger partial charge in [0.15, 0.2) is 0 Å². The Hall–Kier alpha value is -3.81. The Morgan fingerprint density at radius 2 is 1.89 bits per heavy atom. The van der Waals surface area contributed by atoms with Crippen LogP contribution < -0.4 is 5.32 Å². The molecule has 1 aromatic heterocycles. The molecule has 0 aliphatic rings. The van der Waals surface area contributed by atoms with Gasteiger partial charge in [0.25, 0.3) is 0 Å². The second kappa shape index (κ2) is 12.1. The molecule has 2 amide bonds.